The molecule has 146 valence electrons. The van der Waals surface area contributed by atoms with Gasteiger partial charge in [0.25, 0.3) is 0 Å². The lowest BCUT2D eigenvalue weighted by atomic mass is 10.1. The smallest absolute Gasteiger partial charge is 0.207 e. The van der Waals surface area contributed by atoms with E-state index < -0.39 is 10.0 Å². The minimum Gasteiger partial charge on any atom is -0.207 e. The molecule has 0 radical (unpaired) electrons. The topological polar surface area (TPSA) is 37.4 Å². The summed E-state index contributed by atoms with van der Waals surface area (Å²) in [6.45, 7) is 2.84. The van der Waals surface area contributed by atoms with E-state index in [0.717, 1.165) is 30.4 Å². The van der Waals surface area contributed by atoms with Gasteiger partial charge < -0.3 is 0 Å². The fourth-order valence-corrected chi connectivity index (χ4v) is 4.57. The second-order valence-corrected chi connectivity index (χ2v) is 8.93. The Hall–Kier alpha value is -2.43. The first-order chi connectivity index (χ1) is 13.6. The van der Waals surface area contributed by atoms with E-state index in [-0.39, 0.29) is 0 Å². The summed E-state index contributed by atoms with van der Waals surface area (Å²) in [7, 11) is -3.60. The standard InChI is InChI=1S/C24H27NO2S/c1-2-3-10-21-15-17-24(18-16-21)28(26,27)25(19-22-11-6-4-7-12-22)20-23-13-8-5-9-14-23/h4-9,11-18H,2-3,10,19-20H2,1H3. The van der Waals surface area contributed by atoms with Gasteiger partial charge in [-0.3, -0.25) is 0 Å². The molecule has 4 heteroatoms. The summed E-state index contributed by atoms with van der Waals surface area (Å²) >= 11 is 0. The summed E-state index contributed by atoms with van der Waals surface area (Å²) in [4.78, 5) is 0.347. The summed E-state index contributed by atoms with van der Waals surface area (Å²) in [5.74, 6) is 0. The highest BCUT2D eigenvalue weighted by atomic mass is 32.2. The van der Waals surface area contributed by atoms with E-state index in [1.807, 2.05) is 72.8 Å². The molecule has 3 nitrogen and oxygen atoms in total. The zero-order chi connectivity index (χ0) is 19.8. The lowest BCUT2D eigenvalue weighted by Crippen LogP contribution is -2.30. The molecular formula is C24H27NO2S. The molecule has 0 aliphatic heterocycles. The zero-order valence-electron chi connectivity index (χ0n) is 16.3. The fraction of sp³-hybridized carbons (Fsp3) is 0.250. The molecule has 0 spiro atoms. The highest BCUT2D eigenvalue weighted by Gasteiger charge is 2.25. The third kappa shape index (κ3) is 5.31. The lowest BCUT2D eigenvalue weighted by Gasteiger charge is -2.23. The fourth-order valence-electron chi connectivity index (χ4n) is 3.16. The molecule has 3 aromatic rings. The third-order valence-electron chi connectivity index (χ3n) is 4.78. The van der Waals surface area contributed by atoms with Gasteiger partial charge in [0, 0.05) is 13.1 Å². The van der Waals surface area contributed by atoms with E-state index in [1.54, 1.807) is 16.4 Å². The van der Waals surface area contributed by atoms with Crippen LogP contribution in [0, 0.1) is 0 Å². The van der Waals surface area contributed by atoms with Gasteiger partial charge in [0.2, 0.25) is 10.0 Å². The van der Waals surface area contributed by atoms with Gasteiger partial charge in [-0.15, -0.1) is 0 Å². The van der Waals surface area contributed by atoms with Crippen LogP contribution < -0.4 is 0 Å². The van der Waals surface area contributed by atoms with Crippen molar-refractivity contribution in [3.8, 4) is 0 Å². The predicted octanol–water partition coefficient (Wildman–Crippen LogP) is 5.42. The van der Waals surface area contributed by atoms with Crippen LogP contribution in [0.15, 0.2) is 89.8 Å². The van der Waals surface area contributed by atoms with E-state index in [0.29, 0.717) is 18.0 Å². The minimum absolute atomic E-state index is 0.343. The van der Waals surface area contributed by atoms with Crippen LogP contribution in [0.4, 0.5) is 0 Å². The molecule has 0 bridgehead atoms. The van der Waals surface area contributed by atoms with Gasteiger partial charge in [0.15, 0.2) is 0 Å². The molecule has 3 aromatic carbocycles. The van der Waals surface area contributed by atoms with Crippen molar-refractivity contribution in [2.45, 2.75) is 44.2 Å². The average Bonchev–Trinajstić information content (AvgIpc) is 2.73. The van der Waals surface area contributed by atoms with Crippen LogP contribution in [0.3, 0.4) is 0 Å². The van der Waals surface area contributed by atoms with Crippen molar-refractivity contribution >= 4 is 10.0 Å². The largest absolute Gasteiger partial charge is 0.243 e. The van der Waals surface area contributed by atoms with Gasteiger partial charge in [0.1, 0.15) is 0 Å². The van der Waals surface area contributed by atoms with Gasteiger partial charge in [-0.05, 0) is 41.7 Å². The second-order valence-electron chi connectivity index (χ2n) is 6.99. The molecule has 0 unspecified atom stereocenters. The second kappa shape index (κ2) is 9.67. The van der Waals surface area contributed by atoms with Gasteiger partial charge in [-0.2, -0.15) is 4.31 Å². The summed E-state index contributed by atoms with van der Waals surface area (Å²) in [6.07, 6.45) is 3.22. The highest BCUT2D eigenvalue weighted by molar-refractivity contribution is 7.89. The quantitative estimate of drug-likeness (QED) is 0.487. The number of hydrogen-bond donors (Lipinski definition) is 0. The van der Waals surface area contributed by atoms with Crippen LogP contribution in [0.25, 0.3) is 0 Å². The molecule has 0 saturated heterocycles. The van der Waals surface area contributed by atoms with Crippen molar-refractivity contribution in [2.24, 2.45) is 0 Å². The van der Waals surface area contributed by atoms with Crippen LogP contribution in [-0.4, -0.2) is 12.7 Å². The molecule has 0 N–H and O–H groups in total. The molecule has 0 aliphatic carbocycles. The van der Waals surface area contributed by atoms with Crippen molar-refractivity contribution in [3.05, 3.63) is 102 Å². The Labute approximate surface area is 168 Å². The Morgan fingerprint density at radius 2 is 1.18 bits per heavy atom. The van der Waals surface area contributed by atoms with Crippen LogP contribution in [0.2, 0.25) is 0 Å². The number of aryl methyl sites for hydroxylation is 1. The predicted molar refractivity (Wildman–Crippen MR) is 114 cm³/mol. The van der Waals surface area contributed by atoms with Crippen molar-refractivity contribution in [1.82, 2.24) is 4.31 Å². The zero-order valence-corrected chi connectivity index (χ0v) is 17.1. The number of unbranched alkanes of at least 4 members (excludes halogenated alkanes) is 1. The van der Waals surface area contributed by atoms with Crippen molar-refractivity contribution in [2.75, 3.05) is 0 Å². The number of benzene rings is 3. The molecule has 0 saturated carbocycles. The molecule has 0 fully saturated rings. The SMILES string of the molecule is CCCCc1ccc(S(=O)(=O)N(Cc2ccccc2)Cc2ccccc2)cc1. The third-order valence-corrected chi connectivity index (χ3v) is 6.59. The van der Waals surface area contributed by atoms with Crippen molar-refractivity contribution in [3.63, 3.8) is 0 Å². The number of nitrogens with zero attached hydrogens (tertiary/aromatic N) is 1. The van der Waals surface area contributed by atoms with E-state index in [4.69, 9.17) is 0 Å². The molecule has 0 heterocycles. The monoisotopic (exact) mass is 393 g/mol. The van der Waals surface area contributed by atoms with E-state index in [9.17, 15) is 8.42 Å². The summed E-state index contributed by atoms with van der Waals surface area (Å²) in [5.41, 5.74) is 3.13. The molecular weight excluding hydrogens is 366 g/mol. The Morgan fingerprint density at radius 3 is 1.64 bits per heavy atom. The maximum Gasteiger partial charge on any atom is 0.243 e. The number of rotatable bonds is 9. The Kier molecular flexibility index (Phi) is 7.01. The van der Waals surface area contributed by atoms with Gasteiger partial charge >= 0.3 is 0 Å². The average molecular weight is 394 g/mol. The molecule has 3 rings (SSSR count). The van der Waals surface area contributed by atoms with Crippen molar-refractivity contribution in [1.29, 1.82) is 0 Å². The van der Waals surface area contributed by atoms with E-state index in [2.05, 4.69) is 6.92 Å². The van der Waals surface area contributed by atoms with E-state index in [1.165, 1.54) is 5.56 Å². The van der Waals surface area contributed by atoms with Gasteiger partial charge in [-0.1, -0.05) is 86.1 Å². The minimum atomic E-state index is -3.60. The lowest BCUT2D eigenvalue weighted by molar-refractivity contribution is 0.401. The molecule has 0 aromatic heterocycles. The number of hydrogen-bond acceptors (Lipinski definition) is 2. The summed E-state index contributed by atoms with van der Waals surface area (Å²) in [5, 5.41) is 0. The van der Waals surface area contributed by atoms with Crippen LogP contribution in [0.1, 0.15) is 36.5 Å². The summed E-state index contributed by atoms with van der Waals surface area (Å²) < 4.78 is 28.3. The Balaban J connectivity index is 1.88. The molecule has 0 atom stereocenters. The van der Waals surface area contributed by atoms with Crippen molar-refractivity contribution < 1.29 is 8.42 Å². The van der Waals surface area contributed by atoms with Gasteiger partial charge in [-0.25, -0.2) is 8.42 Å². The molecule has 28 heavy (non-hydrogen) atoms. The first-order valence-electron chi connectivity index (χ1n) is 9.76. The van der Waals surface area contributed by atoms with Crippen LogP contribution >= 0.6 is 0 Å². The maximum atomic E-state index is 13.4. The normalized spacial score (nSPS) is 11.6. The maximum absolute atomic E-state index is 13.4. The first-order valence-corrected chi connectivity index (χ1v) is 11.2. The van der Waals surface area contributed by atoms with E-state index >= 15 is 0 Å². The summed E-state index contributed by atoms with van der Waals surface area (Å²) in [6, 6.07) is 26.8. The van der Waals surface area contributed by atoms with Crippen LogP contribution in [-0.2, 0) is 29.5 Å². The molecule has 0 aliphatic rings. The molecule has 0 amide bonds. The highest BCUT2D eigenvalue weighted by Crippen LogP contribution is 2.22. The Morgan fingerprint density at radius 1 is 0.679 bits per heavy atom. The van der Waals surface area contributed by atoms with Crippen LogP contribution in [0.5, 0.6) is 0 Å². The number of sulfonamides is 1. The Bertz CT molecular complexity index is 911. The van der Waals surface area contributed by atoms with Gasteiger partial charge in [0.05, 0.1) is 4.90 Å². The first kappa shape index (κ1) is 20.3.